The molecule has 0 saturated heterocycles. The molecule has 1 aliphatic rings. The van der Waals surface area contributed by atoms with Crippen LogP contribution < -0.4 is 5.73 Å². The summed E-state index contributed by atoms with van der Waals surface area (Å²) in [6.07, 6.45) is 0.633. The van der Waals surface area contributed by atoms with Crippen LogP contribution in [0.25, 0.3) is 0 Å². The van der Waals surface area contributed by atoms with Gasteiger partial charge < -0.3 is 5.73 Å². The van der Waals surface area contributed by atoms with Crippen molar-refractivity contribution < 1.29 is 9.59 Å². The zero-order chi connectivity index (χ0) is 14.8. The van der Waals surface area contributed by atoms with Gasteiger partial charge in [-0.25, -0.2) is 0 Å². The quantitative estimate of drug-likeness (QED) is 0.869. The molecule has 0 radical (unpaired) electrons. The fourth-order valence-corrected chi connectivity index (χ4v) is 2.62. The molecule has 2 aromatic rings. The average molecular weight is 280 g/mol. The van der Waals surface area contributed by atoms with Gasteiger partial charge in [-0.05, 0) is 24.1 Å². The molecule has 2 N–H and O–H groups in total. The summed E-state index contributed by atoms with van der Waals surface area (Å²) in [7, 11) is 0. The lowest BCUT2D eigenvalue weighted by atomic mass is 10.1. The Morgan fingerprint density at radius 3 is 1.95 bits per heavy atom. The molecular weight excluding hydrogens is 264 g/mol. The lowest BCUT2D eigenvalue weighted by Gasteiger charge is -2.19. The summed E-state index contributed by atoms with van der Waals surface area (Å²) in [5, 5.41) is 0. The van der Waals surface area contributed by atoms with E-state index in [1.807, 2.05) is 30.3 Å². The van der Waals surface area contributed by atoms with Gasteiger partial charge in [-0.3, -0.25) is 14.5 Å². The zero-order valence-corrected chi connectivity index (χ0v) is 11.5. The average Bonchev–Trinajstić information content (AvgIpc) is 2.74. The van der Waals surface area contributed by atoms with Gasteiger partial charge in [0.2, 0.25) is 0 Å². The van der Waals surface area contributed by atoms with Crippen molar-refractivity contribution in [3.63, 3.8) is 0 Å². The molecule has 2 aromatic carbocycles. The van der Waals surface area contributed by atoms with E-state index in [2.05, 4.69) is 0 Å². The first-order valence-corrected chi connectivity index (χ1v) is 6.91. The molecule has 1 aliphatic heterocycles. The Labute approximate surface area is 123 Å². The Balaban J connectivity index is 1.72. The summed E-state index contributed by atoms with van der Waals surface area (Å²) in [5.41, 5.74) is 8.13. The van der Waals surface area contributed by atoms with Crippen molar-refractivity contribution in [2.24, 2.45) is 5.73 Å². The molecular formula is C17H16N2O2. The predicted octanol–water partition coefficient (Wildman–Crippen LogP) is 1.85. The molecule has 0 aliphatic carbocycles. The summed E-state index contributed by atoms with van der Waals surface area (Å²) in [6, 6.07) is 16.4. The highest BCUT2D eigenvalue weighted by atomic mass is 16.2. The van der Waals surface area contributed by atoms with Crippen LogP contribution in [0.4, 0.5) is 0 Å². The van der Waals surface area contributed by atoms with Crippen molar-refractivity contribution in [3.8, 4) is 0 Å². The topological polar surface area (TPSA) is 63.4 Å². The zero-order valence-electron chi connectivity index (χ0n) is 11.5. The number of nitrogens with two attached hydrogens (primary N) is 1. The first-order chi connectivity index (χ1) is 10.2. The van der Waals surface area contributed by atoms with E-state index in [1.165, 1.54) is 4.90 Å². The highest BCUT2D eigenvalue weighted by molar-refractivity contribution is 6.21. The van der Waals surface area contributed by atoms with E-state index in [0.29, 0.717) is 17.5 Å². The van der Waals surface area contributed by atoms with Gasteiger partial charge in [-0.2, -0.15) is 0 Å². The molecule has 0 unspecified atom stereocenters. The number of hydrogen-bond acceptors (Lipinski definition) is 3. The molecule has 1 atom stereocenters. The normalized spacial score (nSPS) is 15.2. The standard InChI is InChI=1S/C17H16N2O2/c18-13(10-12-6-2-1-3-7-12)11-19-16(20)14-8-4-5-9-15(14)17(19)21/h1-9,13H,10-11,18H2/t13-/m1/s1. The Morgan fingerprint density at radius 1 is 0.857 bits per heavy atom. The highest BCUT2D eigenvalue weighted by Gasteiger charge is 2.35. The fourth-order valence-electron chi connectivity index (χ4n) is 2.62. The lowest BCUT2D eigenvalue weighted by Crippen LogP contribution is -2.41. The molecule has 0 spiro atoms. The van der Waals surface area contributed by atoms with E-state index in [1.54, 1.807) is 24.3 Å². The Morgan fingerprint density at radius 2 is 1.38 bits per heavy atom. The van der Waals surface area contributed by atoms with E-state index in [4.69, 9.17) is 5.73 Å². The molecule has 4 heteroatoms. The van der Waals surface area contributed by atoms with Gasteiger partial charge >= 0.3 is 0 Å². The maximum atomic E-state index is 12.2. The van der Waals surface area contributed by atoms with E-state index in [0.717, 1.165) is 5.56 Å². The number of carbonyl (C=O) groups is 2. The molecule has 21 heavy (non-hydrogen) atoms. The third kappa shape index (κ3) is 2.58. The van der Waals surface area contributed by atoms with E-state index in [9.17, 15) is 9.59 Å². The van der Waals surface area contributed by atoms with Gasteiger partial charge in [0.1, 0.15) is 0 Å². The smallest absolute Gasteiger partial charge is 0.261 e. The van der Waals surface area contributed by atoms with E-state index in [-0.39, 0.29) is 24.4 Å². The third-order valence-electron chi connectivity index (χ3n) is 3.64. The number of nitrogens with zero attached hydrogens (tertiary/aromatic N) is 1. The van der Waals surface area contributed by atoms with Gasteiger partial charge in [0, 0.05) is 12.6 Å². The molecule has 0 aromatic heterocycles. The second-order valence-electron chi connectivity index (χ2n) is 5.22. The van der Waals surface area contributed by atoms with Crippen molar-refractivity contribution in [2.45, 2.75) is 12.5 Å². The van der Waals surface area contributed by atoms with E-state index >= 15 is 0 Å². The minimum atomic E-state index is -0.269. The minimum Gasteiger partial charge on any atom is -0.326 e. The monoisotopic (exact) mass is 280 g/mol. The summed E-state index contributed by atoms with van der Waals surface area (Å²) in [5.74, 6) is -0.502. The van der Waals surface area contributed by atoms with Gasteiger partial charge in [-0.1, -0.05) is 42.5 Å². The Kier molecular flexibility index (Phi) is 3.54. The summed E-state index contributed by atoms with van der Waals surface area (Å²) in [6.45, 7) is 0.237. The largest absolute Gasteiger partial charge is 0.326 e. The molecule has 2 amide bonds. The number of amides is 2. The van der Waals surface area contributed by atoms with Crippen molar-refractivity contribution >= 4 is 11.8 Å². The van der Waals surface area contributed by atoms with Crippen molar-refractivity contribution in [2.75, 3.05) is 6.54 Å². The van der Waals surface area contributed by atoms with Crippen molar-refractivity contribution in [1.82, 2.24) is 4.90 Å². The summed E-state index contributed by atoms with van der Waals surface area (Å²) >= 11 is 0. The van der Waals surface area contributed by atoms with Crippen molar-refractivity contribution in [3.05, 3.63) is 71.3 Å². The van der Waals surface area contributed by atoms with Crippen LogP contribution >= 0.6 is 0 Å². The summed E-state index contributed by atoms with van der Waals surface area (Å²) in [4.78, 5) is 25.7. The lowest BCUT2D eigenvalue weighted by molar-refractivity contribution is 0.0644. The number of benzene rings is 2. The Hall–Kier alpha value is -2.46. The minimum absolute atomic E-state index is 0.237. The first-order valence-electron chi connectivity index (χ1n) is 6.91. The number of fused-ring (bicyclic) bond motifs is 1. The predicted molar refractivity (Wildman–Crippen MR) is 79.9 cm³/mol. The maximum Gasteiger partial charge on any atom is 0.261 e. The van der Waals surface area contributed by atoms with Gasteiger partial charge in [0.05, 0.1) is 11.1 Å². The second-order valence-corrected chi connectivity index (χ2v) is 5.22. The first kappa shape index (κ1) is 13.5. The number of carbonyl (C=O) groups excluding carboxylic acids is 2. The maximum absolute atomic E-state index is 12.2. The second kappa shape index (κ2) is 5.50. The van der Waals surface area contributed by atoms with Crippen LogP contribution in [0.5, 0.6) is 0 Å². The molecule has 1 heterocycles. The van der Waals surface area contributed by atoms with Crippen LogP contribution in [-0.4, -0.2) is 29.3 Å². The number of rotatable bonds is 4. The molecule has 0 bridgehead atoms. The molecule has 4 nitrogen and oxygen atoms in total. The third-order valence-corrected chi connectivity index (χ3v) is 3.64. The molecule has 0 saturated carbocycles. The van der Waals surface area contributed by atoms with E-state index < -0.39 is 0 Å². The van der Waals surface area contributed by atoms with Crippen LogP contribution in [0, 0.1) is 0 Å². The van der Waals surface area contributed by atoms with Gasteiger partial charge in [0.15, 0.2) is 0 Å². The Bertz CT molecular complexity index is 647. The van der Waals surface area contributed by atoms with Gasteiger partial charge in [-0.15, -0.1) is 0 Å². The van der Waals surface area contributed by atoms with Crippen LogP contribution in [0.1, 0.15) is 26.3 Å². The molecule has 3 rings (SSSR count). The molecule has 106 valence electrons. The van der Waals surface area contributed by atoms with Crippen molar-refractivity contribution in [1.29, 1.82) is 0 Å². The van der Waals surface area contributed by atoms with Crippen LogP contribution in [0.2, 0.25) is 0 Å². The fraction of sp³-hybridized carbons (Fsp3) is 0.176. The summed E-state index contributed by atoms with van der Waals surface area (Å²) < 4.78 is 0. The number of hydrogen-bond donors (Lipinski definition) is 1. The highest BCUT2D eigenvalue weighted by Crippen LogP contribution is 2.22. The SMILES string of the molecule is N[C@H](Cc1ccccc1)CN1C(=O)c2ccccc2C1=O. The van der Waals surface area contributed by atoms with Crippen LogP contribution in [0.3, 0.4) is 0 Å². The van der Waals surface area contributed by atoms with Gasteiger partial charge in [0.25, 0.3) is 11.8 Å². The van der Waals surface area contributed by atoms with Crippen LogP contribution in [0.15, 0.2) is 54.6 Å². The van der Waals surface area contributed by atoms with Crippen LogP contribution in [-0.2, 0) is 6.42 Å². The molecule has 0 fully saturated rings. The number of imide groups is 1.